The maximum absolute atomic E-state index is 5.88. The summed E-state index contributed by atoms with van der Waals surface area (Å²) >= 11 is 0. The number of aromatic nitrogens is 1. The normalized spacial score (nSPS) is 17.6. The van der Waals surface area contributed by atoms with E-state index in [9.17, 15) is 0 Å². The van der Waals surface area contributed by atoms with Crippen LogP contribution in [0.3, 0.4) is 0 Å². The second-order valence-corrected chi connectivity index (χ2v) is 4.94. The summed E-state index contributed by atoms with van der Waals surface area (Å²) in [5, 5.41) is 0. The topological polar surface area (TPSA) is 51.4 Å². The van der Waals surface area contributed by atoms with Crippen LogP contribution in [0, 0.1) is 0 Å². The van der Waals surface area contributed by atoms with Crippen molar-refractivity contribution in [1.29, 1.82) is 0 Å². The monoisotopic (exact) mass is 235 g/mol. The Labute approximate surface area is 103 Å². The van der Waals surface area contributed by atoms with Crippen LogP contribution in [0.25, 0.3) is 0 Å². The number of nitrogens with two attached hydrogens (primary N) is 1. The van der Waals surface area contributed by atoms with Gasteiger partial charge in [-0.2, -0.15) is 0 Å². The summed E-state index contributed by atoms with van der Waals surface area (Å²) in [6, 6.07) is 4.20. The molecule has 0 atom stereocenters. The standard InChI is InChI=1S/C13H21N3O/c1-16(2)9-12-7-11(8-13(14)15-12)10-3-5-17-6-4-10/h7-8,10H,3-6,9H2,1-2H3,(H2,14,15). The molecule has 2 heterocycles. The van der Waals surface area contributed by atoms with E-state index in [4.69, 9.17) is 10.5 Å². The molecule has 1 saturated heterocycles. The number of hydrogen-bond acceptors (Lipinski definition) is 4. The molecule has 4 heteroatoms. The van der Waals surface area contributed by atoms with Crippen LogP contribution in [0.15, 0.2) is 12.1 Å². The smallest absolute Gasteiger partial charge is 0.123 e. The van der Waals surface area contributed by atoms with Crippen molar-refractivity contribution >= 4 is 5.82 Å². The number of nitrogens with zero attached hydrogens (tertiary/aromatic N) is 2. The van der Waals surface area contributed by atoms with Gasteiger partial charge in [-0.1, -0.05) is 0 Å². The fraction of sp³-hybridized carbons (Fsp3) is 0.615. The Hall–Kier alpha value is -1.13. The van der Waals surface area contributed by atoms with Crippen molar-refractivity contribution in [2.24, 2.45) is 0 Å². The van der Waals surface area contributed by atoms with Gasteiger partial charge in [-0.25, -0.2) is 4.98 Å². The van der Waals surface area contributed by atoms with E-state index < -0.39 is 0 Å². The van der Waals surface area contributed by atoms with Crippen molar-refractivity contribution in [3.63, 3.8) is 0 Å². The van der Waals surface area contributed by atoms with Gasteiger partial charge in [0, 0.05) is 19.8 Å². The highest BCUT2D eigenvalue weighted by Gasteiger charge is 2.17. The minimum Gasteiger partial charge on any atom is -0.384 e. The number of ether oxygens (including phenoxy) is 1. The van der Waals surface area contributed by atoms with E-state index in [1.54, 1.807) is 0 Å². The summed E-state index contributed by atoms with van der Waals surface area (Å²) in [6.07, 6.45) is 2.18. The molecule has 17 heavy (non-hydrogen) atoms. The Morgan fingerprint density at radius 1 is 1.35 bits per heavy atom. The minimum absolute atomic E-state index is 0.579. The molecule has 2 N–H and O–H groups in total. The molecule has 0 aromatic carbocycles. The van der Waals surface area contributed by atoms with Gasteiger partial charge < -0.3 is 15.4 Å². The predicted molar refractivity (Wildman–Crippen MR) is 68.8 cm³/mol. The van der Waals surface area contributed by atoms with Crippen LogP contribution < -0.4 is 5.73 Å². The molecule has 1 aliphatic heterocycles. The molecule has 4 nitrogen and oxygen atoms in total. The van der Waals surface area contributed by atoms with Crippen LogP contribution in [0.1, 0.15) is 30.0 Å². The molecule has 1 aromatic heterocycles. The lowest BCUT2D eigenvalue weighted by Crippen LogP contribution is -2.16. The second kappa shape index (κ2) is 5.47. The van der Waals surface area contributed by atoms with Crippen LogP contribution in [0.4, 0.5) is 5.82 Å². The SMILES string of the molecule is CN(C)Cc1cc(C2CCOCC2)cc(N)n1. The number of rotatable bonds is 3. The molecule has 94 valence electrons. The first-order chi connectivity index (χ1) is 8.15. The highest BCUT2D eigenvalue weighted by molar-refractivity contribution is 5.37. The van der Waals surface area contributed by atoms with Gasteiger partial charge in [-0.15, -0.1) is 0 Å². The lowest BCUT2D eigenvalue weighted by atomic mass is 9.92. The molecule has 1 aliphatic rings. The molecule has 1 fully saturated rings. The Morgan fingerprint density at radius 3 is 2.71 bits per heavy atom. The van der Waals surface area contributed by atoms with Gasteiger partial charge in [-0.3, -0.25) is 0 Å². The number of anilines is 1. The highest BCUT2D eigenvalue weighted by atomic mass is 16.5. The summed E-state index contributed by atoms with van der Waals surface area (Å²) in [5.41, 5.74) is 8.25. The van der Waals surface area contributed by atoms with Crippen LogP contribution in [0.5, 0.6) is 0 Å². The third kappa shape index (κ3) is 3.41. The third-order valence-electron chi connectivity index (χ3n) is 3.09. The summed E-state index contributed by atoms with van der Waals surface area (Å²) in [7, 11) is 4.08. The largest absolute Gasteiger partial charge is 0.384 e. The quantitative estimate of drug-likeness (QED) is 0.865. The fourth-order valence-electron chi connectivity index (χ4n) is 2.31. The molecule has 0 unspecified atom stereocenters. The second-order valence-electron chi connectivity index (χ2n) is 4.94. The van der Waals surface area contributed by atoms with E-state index >= 15 is 0 Å². The van der Waals surface area contributed by atoms with Crippen LogP contribution in [-0.2, 0) is 11.3 Å². The zero-order valence-corrected chi connectivity index (χ0v) is 10.6. The van der Waals surface area contributed by atoms with E-state index in [2.05, 4.69) is 16.0 Å². The summed E-state index contributed by atoms with van der Waals surface area (Å²) < 4.78 is 5.39. The molecule has 0 saturated carbocycles. The zero-order valence-electron chi connectivity index (χ0n) is 10.6. The summed E-state index contributed by atoms with van der Waals surface area (Å²) in [5.74, 6) is 1.21. The Kier molecular flexibility index (Phi) is 3.97. The van der Waals surface area contributed by atoms with Gasteiger partial charge in [0.05, 0.1) is 5.69 Å². The molecular formula is C13H21N3O. The van der Waals surface area contributed by atoms with Crippen molar-refractivity contribution in [2.75, 3.05) is 33.0 Å². The van der Waals surface area contributed by atoms with Crippen LogP contribution in [-0.4, -0.2) is 37.2 Å². The van der Waals surface area contributed by atoms with Gasteiger partial charge in [0.15, 0.2) is 0 Å². The average Bonchev–Trinajstić information content (AvgIpc) is 2.28. The average molecular weight is 235 g/mol. The first kappa shape index (κ1) is 12.3. The van der Waals surface area contributed by atoms with Crippen molar-refractivity contribution in [3.05, 3.63) is 23.4 Å². The fourth-order valence-corrected chi connectivity index (χ4v) is 2.31. The van der Waals surface area contributed by atoms with Gasteiger partial charge in [0.2, 0.25) is 0 Å². The first-order valence-corrected chi connectivity index (χ1v) is 6.14. The van der Waals surface area contributed by atoms with Gasteiger partial charge in [0.1, 0.15) is 5.82 Å². The van der Waals surface area contributed by atoms with Gasteiger partial charge in [-0.05, 0) is 50.6 Å². The van der Waals surface area contributed by atoms with E-state index in [0.29, 0.717) is 11.7 Å². The molecule has 0 bridgehead atoms. The summed E-state index contributed by atoms with van der Waals surface area (Å²) in [6.45, 7) is 2.55. The van der Waals surface area contributed by atoms with E-state index in [-0.39, 0.29) is 0 Å². The Bertz CT molecular complexity index is 373. The van der Waals surface area contributed by atoms with Crippen LogP contribution in [0.2, 0.25) is 0 Å². The van der Waals surface area contributed by atoms with Gasteiger partial charge in [0.25, 0.3) is 0 Å². The first-order valence-electron chi connectivity index (χ1n) is 6.14. The predicted octanol–water partition coefficient (Wildman–Crippen LogP) is 1.62. The number of pyridine rings is 1. The lowest BCUT2D eigenvalue weighted by Gasteiger charge is -2.23. The molecule has 0 spiro atoms. The van der Waals surface area contributed by atoms with E-state index in [0.717, 1.165) is 38.3 Å². The maximum atomic E-state index is 5.88. The highest BCUT2D eigenvalue weighted by Crippen LogP contribution is 2.28. The maximum Gasteiger partial charge on any atom is 0.123 e. The minimum atomic E-state index is 0.579. The molecular weight excluding hydrogens is 214 g/mol. The number of hydrogen-bond donors (Lipinski definition) is 1. The van der Waals surface area contributed by atoms with E-state index in [1.807, 2.05) is 20.2 Å². The Balaban J connectivity index is 2.18. The third-order valence-corrected chi connectivity index (χ3v) is 3.09. The van der Waals surface area contributed by atoms with E-state index in [1.165, 1.54) is 5.56 Å². The van der Waals surface area contributed by atoms with Crippen LogP contribution >= 0.6 is 0 Å². The number of nitrogen functional groups attached to an aromatic ring is 1. The van der Waals surface area contributed by atoms with Crippen molar-refractivity contribution in [1.82, 2.24) is 9.88 Å². The molecule has 2 rings (SSSR count). The zero-order chi connectivity index (χ0) is 12.3. The van der Waals surface area contributed by atoms with Crippen molar-refractivity contribution in [3.8, 4) is 0 Å². The van der Waals surface area contributed by atoms with Crippen molar-refractivity contribution < 1.29 is 4.74 Å². The molecule has 0 aliphatic carbocycles. The molecule has 0 amide bonds. The Morgan fingerprint density at radius 2 is 2.06 bits per heavy atom. The summed E-state index contributed by atoms with van der Waals surface area (Å²) in [4.78, 5) is 6.48. The lowest BCUT2D eigenvalue weighted by molar-refractivity contribution is 0.0853. The van der Waals surface area contributed by atoms with Gasteiger partial charge >= 0.3 is 0 Å². The van der Waals surface area contributed by atoms with Crippen molar-refractivity contribution in [2.45, 2.75) is 25.3 Å². The molecule has 0 radical (unpaired) electrons. The molecule has 1 aromatic rings.